The van der Waals surface area contributed by atoms with Gasteiger partial charge in [-0.3, -0.25) is 0 Å². The Kier molecular flexibility index (Phi) is 6.69. The van der Waals surface area contributed by atoms with Gasteiger partial charge in [-0.05, 0) is 44.2 Å². The van der Waals surface area contributed by atoms with Gasteiger partial charge in [0.05, 0.1) is 0 Å². The van der Waals surface area contributed by atoms with E-state index in [0.717, 1.165) is 11.8 Å². The van der Waals surface area contributed by atoms with Crippen molar-refractivity contribution < 1.29 is 0 Å². The second kappa shape index (κ2) is 8.54. The minimum Gasteiger partial charge on any atom is -0.374 e. The summed E-state index contributed by atoms with van der Waals surface area (Å²) >= 11 is 0. The molecular weight excluding hydrogens is 242 g/mol. The number of nitrogens with zero attached hydrogens (tertiary/aromatic N) is 1. The summed E-state index contributed by atoms with van der Waals surface area (Å²) in [5.41, 5.74) is 0. The number of hydrogen-bond donors (Lipinski definition) is 0. The molecule has 0 aromatic heterocycles. The third-order valence-corrected chi connectivity index (χ3v) is 5.20. The molecule has 1 nitrogen and oxygen atoms in total. The Balaban J connectivity index is 1.85. The van der Waals surface area contributed by atoms with E-state index < -0.39 is 0 Å². The van der Waals surface area contributed by atoms with Crippen LogP contribution < -0.4 is 0 Å². The van der Waals surface area contributed by atoms with Crippen LogP contribution in [-0.2, 0) is 0 Å². The highest BCUT2D eigenvalue weighted by Crippen LogP contribution is 2.32. The standard InChI is InChI=1S/C19H33N/c1-3-15-20(2)19-12-8-11-18(13-14-19)16-17-9-6-4-5-7-10-17/h3,13-15,17-19H,4-12,16H2,1-2H3/b15-3-. The molecule has 114 valence electrons. The van der Waals surface area contributed by atoms with Crippen LogP contribution in [0.5, 0.6) is 0 Å². The summed E-state index contributed by atoms with van der Waals surface area (Å²) in [6.45, 7) is 2.10. The fourth-order valence-electron chi connectivity index (χ4n) is 3.98. The van der Waals surface area contributed by atoms with Crippen LogP contribution in [0.4, 0.5) is 0 Å². The molecule has 0 radical (unpaired) electrons. The normalized spacial score (nSPS) is 29.3. The van der Waals surface area contributed by atoms with Crippen molar-refractivity contribution in [1.29, 1.82) is 0 Å². The van der Waals surface area contributed by atoms with E-state index >= 15 is 0 Å². The molecular formula is C19H33N. The minimum absolute atomic E-state index is 0.616. The second-order valence-electron chi connectivity index (χ2n) is 6.88. The number of rotatable bonds is 4. The Morgan fingerprint density at radius 2 is 1.70 bits per heavy atom. The Hall–Kier alpha value is -0.720. The predicted molar refractivity (Wildman–Crippen MR) is 88.7 cm³/mol. The quantitative estimate of drug-likeness (QED) is 0.481. The number of likely N-dealkylation sites (N-methyl/N-ethyl adjacent to an activating group) is 1. The molecule has 0 N–H and O–H groups in total. The van der Waals surface area contributed by atoms with E-state index in [1.165, 1.54) is 64.2 Å². The molecule has 2 atom stereocenters. The van der Waals surface area contributed by atoms with Gasteiger partial charge in [0, 0.05) is 13.1 Å². The molecule has 2 rings (SSSR count). The van der Waals surface area contributed by atoms with E-state index in [4.69, 9.17) is 0 Å². The molecule has 1 saturated carbocycles. The average molecular weight is 275 g/mol. The number of allylic oxidation sites excluding steroid dienone is 2. The third kappa shape index (κ3) is 5.00. The molecule has 0 bridgehead atoms. The fourth-order valence-corrected chi connectivity index (χ4v) is 3.98. The van der Waals surface area contributed by atoms with Gasteiger partial charge in [-0.2, -0.15) is 0 Å². The summed E-state index contributed by atoms with van der Waals surface area (Å²) in [5, 5.41) is 0. The monoisotopic (exact) mass is 275 g/mol. The lowest BCUT2D eigenvalue weighted by Gasteiger charge is -2.22. The first-order chi connectivity index (χ1) is 9.79. The van der Waals surface area contributed by atoms with Crippen molar-refractivity contribution >= 4 is 0 Å². The maximum Gasteiger partial charge on any atom is 0.0464 e. The molecule has 0 spiro atoms. The molecule has 2 aliphatic rings. The van der Waals surface area contributed by atoms with Crippen LogP contribution in [0.2, 0.25) is 0 Å². The highest BCUT2D eigenvalue weighted by atomic mass is 15.1. The highest BCUT2D eigenvalue weighted by Gasteiger charge is 2.19. The largest absolute Gasteiger partial charge is 0.374 e. The van der Waals surface area contributed by atoms with Crippen LogP contribution in [-0.4, -0.2) is 18.0 Å². The third-order valence-electron chi connectivity index (χ3n) is 5.20. The van der Waals surface area contributed by atoms with Crippen LogP contribution in [0, 0.1) is 11.8 Å². The van der Waals surface area contributed by atoms with Crippen LogP contribution in [0.3, 0.4) is 0 Å². The Bertz CT molecular complexity index is 310. The van der Waals surface area contributed by atoms with Crippen LogP contribution >= 0.6 is 0 Å². The van der Waals surface area contributed by atoms with Gasteiger partial charge < -0.3 is 4.90 Å². The van der Waals surface area contributed by atoms with E-state index in [1.54, 1.807) is 0 Å². The summed E-state index contributed by atoms with van der Waals surface area (Å²) in [6, 6.07) is 0.616. The molecule has 0 heterocycles. The predicted octanol–water partition coefficient (Wildman–Crippen LogP) is 5.54. The SMILES string of the molecule is C/C=C\N(C)C1C=CC(CC2CCCCCC2)CCC1. The molecule has 20 heavy (non-hydrogen) atoms. The van der Waals surface area contributed by atoms with Crippen molar-refractivity contribution in [2.24, 2.45) is 11.8 Å². The van der Waals surface area contributed by atoms with Gasteiger partial charge in [-0.15, -0.1) is 0 Å². The smallest absolute Gasteiger partial charge is 0.0464 e. The number of hydrogen-bond acceptors (Lipinski definition) is 1. The maximum atomic E-state index is 2.54. The van der Waals surface area contributed by atoms with Gasteiger partial charge in [0.1, 0.15) is 0 Å². The van der Waals surface area contributed by atoms with Crippen molar-refractivity contribution in [3.63, 3.8) is 0 Å². The van der Waals surface area contributed by atoms with Crippen molar-refractivity contribution in [3.05, 3.63) is 24.4 Å². The van der Waals surface area contributed by atoms with Crippen molar-refractivity contribution in [3.8, 4) is 0 Å². The Morgan fingerprint density at radius 3 is 2.40 bits per heavy atom. The molecule has 0 saturated heterocycles. The van der Waals surface area contributed by atoms with Crippen LogP contribution in [0.15, 0.2) is 24.4 Å². The average Bonchev–Trinajstić information content (AvgIpc) is 2.82. The molecule has 0 aromatic rings. The maximum absolute atomic E-state index is 2.54. The van der Waals surface area contributed by atoms with E-state index in [-0.39, 0.29) is 0 Å². The zero-order valence-electron chi connectivity index (χ0n) is 13.6. The first kappa shape index (κ1) is 15.7. The molecule has 1 heteroatoms. The summed E-state index contributed by atoms with van der Waals surface area (Å²) in [7, 11) is 2.21. The van der Waals surface area contributed by atoms with Crippen molar-refractivity contribution in [2.45, 2.75) is 77.2 Å². The van der Waals surface area contributed by atoms with Crippen molar-refractivity contribution in [1.82, 2.24) is 4.90 Å². The highest BCUT2D eigenvalue weighted by molar-refractivity contribution is 5.02. The van der Waals surface area contributed by atoms with Gasteiger partial charge in [0.2, 0.25) is 0 Å². The lowest BCUT2D eigenvalue weighted by Crippen LogP contribution is -2.24. The molecule has 2 unspecified atom stereocenters. The lowest BCUT2D eigenvalue weighted by molar-refractivity contribution is 0.343. The van der Waals surface area contributed by atoms with Gasteiger partial charge in [-0.1, -0.05) is 63.2 Å². The Labute approximate surface area is 126 Å². The first-order valence-electron chi connectivity index (χ1n) is 8.82. The first-order valence-corrected chi connectivity index (χ1v) is 8.82. The zero-order chi connectivity index (χ0) is 14.2. The molecule has 0 amide bonds. The summed E-state index contributed by atoms with van der Waals surface area (Å²) < 4.78 is 0. The summed E-state index contributed by atoms with van der Waals surface area (Å²) in [5.74, 6) is 1.86. The molecule has 2 aliphatic carbocycles. The summed E-state index contributed by atoms with van der Waals surface area (Å²) in [4.78, 5) is 2.37. The van der Waals surface area contributed by atoms with Crippen LogP contribution in [0.25, 0.3) is 0 Å². The zero-order valence-corrected chi connectivity index (χ0v) is 13.6. The molecule has 1 fully saturated rings. The van der Waals surface area contributed by atoms with Gasteiger partial charge in [-0.25, -0.2) is 0 Å². The minimum atomic E-state index is 0.616. The van der Waals surface area contributed by atoms with Gasteiger partial charge >= 0.3 is 0 Å². The van der Waals surface area contributed by atoms with E-state index in [9.17, 15) is 0 Å². The van der Waals surface area contributed by atoms with E-state index in [0.29, 0.717) is 6.04 Å². The fraction of sp³-hybridized carbons (Fsp3) is 0.789. The summed E-state index contributed by atoms with van der Waals surface area (Å²) in [6.07, 6.45) is 23.8. The van der Waals surface area contributed by atoms with Crippen molar-refractivity contribution in [2.75, 3.05) is 7.05 Å². The second-order valence-corrected chi connectivity index (χ2v) is 6.88. The van der Waals surface area contributed by atoms with Gasteiger partial charge in [0.15, 0.2) is 0 Å². The molecule has 0 aliphatic heterocycles. The van der Waals surface area contributed by atoms with Crippen LogP contribution in [0.1, 0.15) is 71.1 Å². The van der Waals surface area contributed by atoms with E-state index in [2.05, 4.69) is 43.3 Å². The Morgan fingerprint density at radius 1 is 0.950 bits per heavy atom. The topological polar surface area (TPSA) is 3.24 Å². The molecule has 0 aromatic carbocycles. The lowest BCUT2D eigenvalue weighted by atomic mass is 9.87. The van der Waals surface area contributed by atoms with Gasteiger partial charge in [0.25, 0.3) is 0 Å². The van der Waals surface area contributed by atoms with E-state index in [1.807, 2.05) is 0 Å².